The van der Waals surface area contributed by atoms with Gasteiger partial charge in [0.2, 0.25) is 0 Å². The van der Waals surface area contributed by atoms with Crippen molar-refractivity contribution in [1.29, 1.82) is 0 Å². The summed E-state index contributed by atoms with van der Waals surface area (Å²) in [5, 5.41) is 12.9. The van der Waals surface area contributed by atoms with E-state index in [1.54, 1.807) is 0 Å². The number of fused-ring (bicyclic) bond motifs is 3. The molecule has 7 heteroatoms. The minimum atomic E-state index is -1.23. The first-order chi connectivity index (χ1) is 13.0. The summed E-state index contributed by atoms with van der Waals surface area (Å²) >= 11 is 7.09. The van der Waals surface area contributed by atoms with Gasteiger partial charge in [-0.05, 0) is 40.6 Å². The second kappa shape index (κ2) is 8.07. The number of aromatic nitrogens is 1. The number of aliphatic hydroxyl groups is 1. The van der Waals surface area contributed by atoms with Gasteiger partial charge in [-0.1, -0.05) is 46.3 Å². The fraction of sp³-hybridized carbons (Fsp3) is 0.300. The summed E-state index contributed by atoms with van der Waals surface area (Å²) in [6.45, 7) is 0.838. The molecule has 4 nitrogen and oxygen atoms in total. The molecule has 2 heterocycles. The van der Waals surface area contributed by atoms with Crippen molar-refractivity contribution < 1.29 is 14.1 Å². The first-order valence-corrected chi connectivity index (χ1v) is 11.7. The number of alkyl halides is 1. The predicted molar refractivity (Wildman–Crippen MR) is 115 cm³/mol. The highest BCUT2D eigenvalue weighted by Crippen LogP contribution is 2.24. The highest BCUT2D eigenvalue weighted by atomic mass is 79.9. The Labute approximate surface area is 176 Å². The topological polar surface area (TPSA) is 51.5 Å². The van der Waals surface area contributed by atoms with Crippen molar-refractivity contribution in [2.45, 2.75) is 35.4 Å². The molecular formula is C20H19Br2NO3S. The second-order valence-corrected chi connectivity index (χ2v) is 10.1. The molecule has 0 saturated heterocycles. The van der Waals surface area contributed by atoms with Gasteiger partial charge in [-0.25, -0.2) is 0 Å². The summed E-state index contributed by atoms with van der Waals surface area (Å²) in [5.74, 6) is 0.205. The van der Waals surface area contributed by atoms with Crippen LogP contribution >= 0.6 is 31.9 Å². The number of benzene rings is 1. The van der Waals surface area contributed by atoms with Gasteiger partial charge >= 0.3 is 0 Å². The van der Waals surface area contributed by atoms with E-state index in [0.717, 1.165) is 33.1 Å². The van der Waals surface area contributed by atoms with E-state index in [0.29, 0.717) is 22.6 Å². The maximum absolute atomic E-state index is 12.5. The first-order valence-electron chi connectivity index (χ1n) is 8.72. The van der Waals surface area contributed by atoms with Gasteiger partial charge in [0.05, 0.1) is 28.4 Å². The minimum Gasteiger partial charge on any atom is -0.481 e. The van der Waals surface area contributed by atoms with E-state index in [-0.39, 0.29) is 5.75 Å². The molecule has 1 aliphatic heterocycles. The molecule has 0 saturated carbocycles. The van der Waals surface area contributed by atoms with Crippen molar-refractivity contribution in [1.82, 2.24) is 4.57 Å². The number of hydrogen-bond donors (Lipinski definition) is 1. The predicted octanol–water partition coefficient (Wildman–Crippen LogP) is 2.61. The fourth-order valence-corrected chi connectivity index (χ4v) is 5.43. The highest BCUT2D eigenvalue weighted by Gasteiger charge is 2.23. The van der Waals surface area contributed by atoms with E-state index in [1.807, 2.05) is 36.4 Å². The third-order valence-corrected chi connectivity index (χ3v) is 7.31. The lowest BCUT2D eigenvalue weighted by Gasteiger charge is -2.18. The summed E-state index contributed by atoms with van der Waals surface area (Å²) < 4.78 is 21.0. The van der Waals surface area contributed by atoms with Crippen LogP contribution in [0, 0.1) is 0 Å². The summed E-state index contributed by atoms with van der Waals surface area (Å²) in [7, 11) is -1.23. The fourth-order valence-electron chi connectivity index (χ4n) is 3.52. The van der Waals surface area contributed by atoms with Crippen molar-refractivity contribution in [3.05, 3.63) is 56.8 Å². The van der Waals surface area contributed by atoms with Crippen LogP contribution in [0.3, 0.4) is 0 Å². The molecule has 2 aromatic rings. The Bertz CT molecular complexity index is 1030. The molecule has 27 heavy (non-hydrogen) atoms. The zero-order chi connectivity index (χ0) is 19.0. The zero-order valence-corrected chi connectivity index (χ0v) is 18.5. The molecule has 3 unspecified atom stereocenters. The lowest BCUT2D eigenvalue weighted by atomic mass is 10.1. The number of ether oxygens (including phenoxy) is 1. The molecular weight excluding hydrogens is 494 g/mol. The highest BCUT2D eigenvalue weighted by molar-refractivity contribution is 9.11. The minimum absolute atomic E-state index is 0.205. The molecule has 0 bridgehead atoms. The molecule has 1 aromatic carbocycles. The molecule has 0 radical (unpaired) electrons. The average molecular weight is 513 g/mol. The van der Waals surface area contributed by atoms with Crippen molar-refractivity contribution in [3.8, 4) is 0 Å². The number of halogens is 2. The monoisotopic (exact) mass is 511 g/mol. The van der Waals surface area contributed by atoms with Gasteiger partial charge in [-0.15, -0.1) is 0 Å². The van der Waals surface area contributed by atoms with Gasteiger partial charge in [0.25, 0.3) is 0 Å². The average Bonchev–Trinajstić information content (AvgIpc) is 2.94. The Balaban J connectivity index is 1.64. The van der Waals surface area contributed by atoms with Crippen LogP contribution in [0.2, 0.25) is 0 Å². The summed E-state index contributed by atoms with van der Waals surface area (Å²) in [4.78, 5) is 1.04. The van der Waals surface area contributed by atoms with Crippen LogP contribution in [0.1, 0.15) is 17.7 Å². The molecule has 0 spiro atoms. The Morgan fingerprint density at radius 3 is 2.89 bits per heavy atom. The molecule has 1 aromatic heterocycles. The largest absolute Gasteiger partial charge is 0.481 e. The maximum atomic E-state index is 12.5. The van der Waals surface area contributed by atoms with Gasteiger partial charge in [0.1, 0.15) is 6.61 Å². The van der Waals surface area contributed by atoms with Crippen LogP contribution in [0.5, 0.6) is 0 Å². The van der Waals surface area contributed by atoms with Gasteiger partial charge in [0.15, 0.2) is 4.67 Å². The number of nitrogens with zero attached hydrogens (tertiary/aromatic N) is 1. The normalized spacial score (nSPS) is 20.3. The third kappa shape index (κ3) is 4.01. The van der Waals surface area contributed by atoms with Gasteiger partial charge in [0, 0.05) is 32.4 Å². The van der Waals surface area contributed by atoms with Crippen LogP contribution in [0.15, 0.2) is 39.9 Å². The summed E-state index contributed by atoms with van der Waals surface area (Å²) in [6.07, 6.45) is 6.57. The maximum Gasteiger partial charge on any atom is 0.163 e. The van der Waals surface area contributed by atoms with Crippen LogP contribution < -0.4 is 10.6 Å². The quantitative estimate of drug-likeness (QED) is 0.626. The summed E-state index contributed by atoms with van der Waals surface area (Å²) in [6, 6.07) is 9.28. The second-order valence-electron chi connectivity index (χ2n) is 6.61. The third-order valence-electron chi connectivity index (χ3n) is 4.73. The SMILES string of the molecule is O=S(CC(O)Cn1c2c(c3c1=CCC(Br)C=3)C=C(Br)OC2)c1ccccc1. The van der Waals surface area contributed by atoms with E-state index < -0.39 is 16.9 Å². The van der Waals surface area contributed by atoms with Crippen molar-refractivity contribution >= 4 is 60.9 Å². The Morgan fingerprint density at radius 1 is 1.33 bits per heavy atom. The first kappa shape index (κ1) is 19.2. The number of rotatable bonds is 5. The molecule has 142 valence electrons. The van der Waals surface area contributed by atoms with E-state index >= 15 is 0 Å². The van der Waals surface area contributed by atoms with Crippen molar-refractivity contribution in [2.24, 2.45) is 0 Å². The molecule has 0 amide bonds. The lowest BCUT2D eigenvalue weighted by Crippen LogP contribution is -2.37. The molecule has 4 rings (SSSR count). The molecule has 1 N–H and O–H groups in total. The van der Waals surface area contributed by atoms with Crippen LogP contribution in [-0.4, -0.2) is 30.6 Å². The van der Waals surface area contributed by atoms with Gasteiger partial charge < -0.3 is 14.4 Å². The summed E-state index contributed by atoms with van der Waals surface area (Å²) in [5.41, 5.74) is 2.17. The van der Waals surface area contributed by atoms with Crippen LogP contribution in [0.25, 0.3) is 18.2 Å². The Morgan fingerprint density at radius 2 is 2.11 bits per heavy atom. The molecule has 1 aliphatic carbocycles. The molecule has 2 aliphatic rings. The molecule has 3 atom stereocenters. The zero-order valence-electron chi connectivity index (χ0n) is 14.5. The van der Waals surface area contributed by atoms with E-state index in [9.17, 15) is 9.32 Å². The number of aliphatic hydroxyl groups excluding tert-OH is 1. The Kier molecular flexibility index (Phi) is 5.73. The molecule has 0 fully saturated rings. The Hall–Kier alpha value is -1.15. The lowest BCUT2D eigenvalue weighted by molar-refractivity contribution is 0.167. The van der Waals surface area contributed by atoms with Crippen LogP contribution in [0.4, 0.5) is 0 Å². The smallest absolute Gasteiger partial charge is 0.163 e. The van der Waals surface area contributed by atoms with E-state index in [1.165, 1.54) is 0 Å². The standard InChI is InChI=1S/C20H19Br2NO3S/c21-13-6-7-18-16(8-13)17-9-20(22)26-11-19(17)23(18)10-14(24)12-27(25)15-4-2-1-3-5-15/h1-5,7-9,13-14,24H,6,10-12H2. The van der Waals surface area contributed by atoms with Gasteiger partial charge in [-0.2, -0.15) is 0 Å². The number of hydrogen-bond acceptors (Lipinski definition) is 3. The van der Waals surface area contributed by atoms with E-state index in [2.05, 4.69) is 48.6 Å². The van der Waals surface area contributed by atoms with Crippen LogP contribution in [-0.2, 0) is 28.7 Å². The van der Waals surface area contributed by atoms with E-state index in [4.69, 9.17) is 4.74 Å². The van der Waals surface area contributed by atoms with Crippen molar-refractivity contribution in [3.63, 3.8) is 0 Å². The van der Waals surface area contributed by atoms with Crippen molar-refractivity contribution in [2.75, 3.05) is 5.75 Å². The van der Waals surface area contributed by atoms with Gasteiger partial charge in [-0.3, -0.25) is 4.21 Å².